The zero-order valence-corrected chi connectivity index (χ0v) is 13.1. The number of hydrogen-bond donors (Lipinski definition) is 2. The van der Waals surface area contributed by atoms with Crippen LogP contribution in [0.3, 0.4) is 0 Å². The van der Waals surface area contributed by atoms with Gasteiger partial charge in [-0.1, -0.05) is 17.7 Å². The second kappa shape index (κ2) is 6.34. The smallest absolute Gasteiger partial charge is 0.138 e. The number of nitrogens with one attached hydrogen (secondary N) is 1. The number of nitrogens with zero attached hydrogens (tertiary/aromatic N) is 3. The summed E-state index contributed by atoms with van der Waals surface area (Å²) < 4.78 is 6.87. The highest BCUT2D eigenvalue weighted by atomic mass is 35.5. The van der Waals surface area contributed by atoms with E-state index in [4.69, 9.17) is 16.3 Å². The van der Waals surface area contributed by atoms with E-state index in [-0.39, 0.29) is 18.1 Å². The first-order valence-corrected chi connectivity index (χ1v) is 7.58. The normalized spacial score (nSPS) is 18.0. The van der Waals surface area contributed by atoms with Gasteiger partial charge in [0.05, 0.1) is 30.9 Å². The summed E-state index contributed by atoms with van der Waals surface area (Å²) in [5.74, 6) is 0. The number of aliphatic hydroxyl groups is 1. The van der Waals surface area contributed by atoms with E-state index >= 15 is 0 Å². The van der Waals surface area contributed by atoms with Crippen LogP contribution in [0.2, 0.25) is 5.02 Å². The van der Waals surface area contributed by atoms with Gasteiger partial charge in [0, 0.05) is 17.6 Å². The lowest BCUT2D eigenvalue weighted by Crippen LogP contribution is -2.52. The van der Waals surface area contributed by atoms with Crippen molar-refractivity contribution in [2.24, 2.45) is 5.41 Å². The molecule has 0 radical (unpaired) electrons. The number of rotatable bonds is 6. The molecule has 0 saturated carbocycles. The Morgan fingerprint density at radius 2 is 2.32 bits per heavy atom. The van der Waals surface area contributed by atoms with Crippen molar-refractivity contribution in [2.75, 3.05) is 26.4 Å². The number of benzene rings is 1. The molecule has 1 aliphatic rings. The highest BCUT2D eigenvalue weighted by Crippen LogP contribution is 2.29. The number of hydrogen-bond acceptors (Lipinski definition) is 5. The molecule has 1 unspecified atom stereocenters. The molecule has 1 aliphatic heterocycles. The molecule has 7 heteroatoms. The molecule has 6 nitrogen and oxygen atoms in total. The topological polar surface area (TPSA) is 72.2 Å². The average Bonchev–Trinajstić information content (AvgIpc) is 3.00. The summed E-state index contributed by atoms with van der Waals surface area (Å²) in [5.41, 5.74) is 1.73. The first kappa shape index (κ1) is 15.4. The van der Waals surface area contributed by atoms with Crippen molar-refractivity contribution in [3.63, 3.8) is 0 Å². The van der Waals surface area contributed by atoms with Crippen molar-refractivity contribution in [3.8, 4) is 5.69 Å². The van der Waals surface area contributed by atoms with E-state index in [1.54, 1.807) is 11.0 Å². The van der Waals surface area contributed by atoms with Crippen LogP contribution in [0.25, 0.3) is 5.69 Å². The summed E-state index contributed by atoms with van der Waals surface area (Å²) in [6.07, 6.45) is 3.12. The Labute approximate surface area is 134 Å². The molecule has 1 fully saturated rings. The minimum Gasteiger partial charge on any atom is -0.396 e. The fourth-order valence-corrected chi connectivity index (χ4v) is 2.81. The predicted molar refractivity (Wildman–Crippen MR) is 83.1 cm³/mol. The maximum absolute atomic E-state index is 9.45. The van der Waals surface area contributed by atoms with E-state index in [1.807, 2.05) is 18.2 Å². The first-order valence-electron chi connectivity index (χ1n) is 7.20. The summed E-state index contributed by atoms with van der Waals surface area (Å²) in [4.78, 5) is 3.93. The predicted octanol–water partition coefficient (Wildman–Crippen LogP) is 1.58. The number of halogens is 1. The second-order valence-corrected chi connectivity index (χ2v) is 6.21. The van der Waals surface area contributed by atoms with Crippen LogP contribution in [0.15, 0.2) is 30.9 Å². The Balaban J connectivity index is 1.69. The molecule has 1 aromatic carbocycles. The number of ether oxygens (including phenoxy) is 1. The second-order valence-electron chi connectivity index (χ2n) is 5.80. The third-order valence-electron chi connectivity index (χ3n) is 4.07. The Morgan fingerprint density at radius 3 is 2.86 bits per heavy atom. The summed E-state index contributed by atoms with van der Waals surface area (Å²) in [7, 11) is 0. The monoisotopic (exact) mass is 322 g/mol. The molecule has 118 valence electrons. The quantitative estimate of drug-likeness (QED) is 0.845. The van der Waals surface area contributed by atoms with Gasteiger partial charge in [0.1, 0.15) is 12.7 Å². The number of aromatic nitrogens is 3. The minimum atomic E-state index is -0.151. The van der Waals surface area contributed by atoms with Crippen LogP contribution in [-0.4, -0.2) is 46.2 Å². The minimum absolute atomic E-state index is 0.0846. The van der Waals surface area contributed by atoms with Gasteiger partial charge in [0.15, 0.2) is 0 Å². The molecule has 2 N–H and O–H groups in total. The Bertz CT molecular complexity index is 623. The molecule has 3 rings (SSSR count). The molecule has 0 bridgehead atoms. The molecule has 2 heterocycles. The standard InChI is InChI=1S/C15H19ClN4O2/c1-11(18-5-15(6-21)7-22-8-15)13-3-2-12(4-14(13)16)20-10-17-9-19-20/h2-4,9-11,18,21H,5-8H2,1H3. The maximum atomic E-state index is 9.45. The van der Waals surface area contributed by atoms with E-state index < -0.39 is 0 Å². The van der Waals surface area contributed by atoms with Crippen LogP contribution < -0.4 is 5.32 Å². The Kier molecular flexibility index (Phi) is 4.44. The van der Waals surface area contributed by atoms with Crippen LogP contribution >= 0.6 is 11.6 Å². The van der Waals surface area contributed by atoms with Crippen LogP contribution in [-0.2, 0) is 4.74 Å². The fraction of sp³-hybridized carbons (Fsp3) is 0.467. The molecule has 0 spiro atoms. The summed E-state index contributed by atoms with van der Waals surface area (Å²) >= 11 is 6.40. The maximum Gasteiger partial charge on any atom is 0.138 e. The van der Waals surface area contributed by atoms with E-state index in [2.05, 4.69) is 22.3 Å². The molecule has 22 heavy (non-hydrogen) atoms. The molecule has 2 aromatic rings. The lowest BCUT2D eigenvalue weighted by atomic mass is 9.86. The summed E-state index contributed by atoms with van der Waals surface area (Å²) in [6.45, 7) is 4.09. The highest BCUT2D eigenvalue weighted by molar-refractivity contribution is 6.31. The van der Waals surface area contributed by atoms with Gasteiger partial charge in [-0.3, -0.25) is 0 Å². The van der Waals surface area contributed by atoms with Gasteiger partial charge in [-0.25, -0.2) is 9.67 Å². The molecular weight excluding hydrogens is 304 g/mol. The van der Waals surface area contributed by atoms with E-state index in [9.17, 15) is 5.11 Å². The summed E-state index contributed by atoms with van der Waals surface area (Å²) in [6, 6.07) is 5.90. The fourth-order valence-electron chi connectivity index (χ4n) is 2.47. The van der Waals surface area contributed by atoms with Crippen molar-refractivity contribution < 1.29 is 9.84 Å². The third-order valence-corrected chi connectivity index (χ3v) is 4.40. The van der Waals surface area contributed by atoms with Crippen LogP contribution in [0.5, 0.6) is 0 Å². The SMILES string of the molecule is CC(NCC1(CO)COC1)c1ccc(-n2cncn2)cc1Cl. The number of aliphatic hydroxyl groups excluding tert-OH is 1. The Morgan fingerprint density at radius 1 is 1.50 bits per heavy atom. The zero-order valence-electron chi connectivity index (χ0n) is 12.4. The lowest BCUT2D eigenvalue weighted by Gasteiger charge is -2.40. The van der Waals surface area contributed by atoms with Gasteiger partial charge in [-0.05, 0) is 24.6 Å². The van der Waals surface area contributed by atoms with Crippen LogP contribution in [0.4, 0.5) is 0 Å². The average molecular weight is 323 g/mol. The molecule has 1 saturated heterocycles. The van der Waals surface area contributed by atoms with Crippen LogP contribution in [0.1, 0.15) is 18.5 Å². The van der Waals surface area contributed by atoms with Gasteiger partial charge in [0.25, 0.3) is 0 Å². The van der Waals surface area contributed by atoms with Gasteiger partial charge < -0.3 is 15.2 Å². The first-order chi connectivity index (χ1) is 10.6. The summed E-state index contributed by atoms with van der Waals surface area (Å²) in [5, 5.41) is 17.7. The van der Waals surface area contributed by atoms with E-state index in [1.165, 1.54) is 6.33 Å². The van der Waals surface area contributed by atoms with Crippen molar-refractivity contribution >= 4 is 11.6 Å². The van der Waals surface area contributed by atoms with E-state index in [0.29, 0.717) is 24.8 Å². The van der Waals surface area contributed by atoms with E-state index in [0.717, 1.165) is 11.3 Å². The third kappa shape index (κ3) is 3.01. The highest BCUT2D eigenvalue weighted by Gasteiger charge is 2.38. The van der Waals surface area contributed by atoms with Crippen molar-refractivity contribution in [3.05, 3.63) is 41.4 Å². The van der Waals surface area contributed by atoms with Gasteiger partial charge in [-0.15, -0.1) is 0 Å². The molecular formula is C15H19ClN4O2. The molecule has 1 atom stereocenters. The van der Waals surface area contributed by atoms with Gasteiger partial charge in [-0.2, -0.15) is 5.10 Å². The van der Waals surface area contributed by atoms with Gasteiger partial charge in [0.2, 0.25) is 0 Å². The van der Waals surface area contributed by atoms with Crippen molar-refractivity contribution in [1.82, 2.24) is 20.1 Å². The van der Waals surface area contributed by atoms with Crippen LogP contribution in [0, 0.1) is 5.41 Å². The molecule has 0 amide bonds. The Hall–Kier alpha value is -1.47. The largest absolute Gasteiger partial charge is 0.396 e. The van der Waals surface area contributed by atoms with Crippen molar-refractivity contribution in [2.45, 2.75) is 13.0 Å². The van der Waals surface area contributed by atoms with Gasteiger partial charge >= 0.3 is 0 Å². The lowest BCUT2D eigenvalue weighted by molar-refractivity contribution is -0.135. The molecule has 0 aliphatic carbocycles. The van der Waals surface area contributed by atoms with Crippen molar-refractivity contribution in [1.29, 1.82) is 0 Å². The molecule has 1 aromatic heterocycles. The zero-order chi connectivity index (χ0) is 15.6.